The zero-order valence-corrected chi connectivity index (χ0v) is 15.1. The number of carbonyl (C=O) groups excluding carboxylic acids is 1. The van der Waals surface area contributed by atoms with E-state index in [4.69, 9.17) is 0 Å². The number of aryl methyl sites for hydroxylation is 1. The highest BCUT2D eigenvalue weighted by atomic mass is 32.1. The van der Waals surface area contributed by atoms with Crippen molar-refractivity contribution in [2.45, 2.75) is 19.8 Å². The maximum Gasteiger partial charge on any atom is 0.265 e. The van der Waals surface area contributed by atoms with Gasteiger partial charge in [0.25, 0.3) is 5.91 Å². The van der Waals surface area contributed by atoms with E-state index in [0.29, 0.717) is 16.7 Å². The van der Waals surface area contributed by atoms with Gasteiger partial charge in [-0.05, 0) is 69.0 Å². The average molecular weight is 359 g/mol. The van der Waals surface area contributed by atoms with Crippen molar-refractivity contribution in [1.82, 2.24) is 15.2 Å². The van der Waals surface area contributed by atoms with Gasteiger partial charge in [-0.3, -0.25) is 4.79 Å². The van der Waals surface area contributed by atoms with Crippen LogP contribution >= 0.6 is 11.3 Å². The van der Waals surface area contributed by atoms with E-state index in [-0.39, 0.29) is 11.7 Å². The molecule has 4 rings (SSSR count). The molecule has 0 spiro atoms. The van der Waals surface area contributed by atoms with Crippen molar-refractivity contribution >= 4 is 17.2 Å². The van der Waals surface area contributed by atoms with Crippen molar-refractivity contribution in [3.63, 3.8) is 0 Å². The Labute approximate surface area is 151 Å². The van der Waals surface area contributed by atoms with Crippen molar-refractivity contribution in [1.29, 1.82) is 0 Å². The Morgan fingerprint density at radius 2 is 1.84 bits per heavy atom. The second-order valence-electron chi connectivity index (χ2n) is 6.99. The zero-order valence-electron chi connectivity index (χ0n) is 14.3. The Bertz CT molecular complexity index is 759. The molecule has 1 N–H and O–H groups in total. The van der Waals surface area contributed by atoms with Crippen molar-refractivity contribution in [3.05, 3.63) is 40.7 Å². The number of carbonyl (C=O) groups is 1. The van der Waals surface area contributed by atoms with Gasteiger partial charge < -0.3 is 10.2 Å². The summed E-state index contributed by atoms with van der Waals surface area (Å²) in [5, 5.41) is 4.24. The van der Waals surface area contributed by atoms with Gasteiger partial charge in [-0.2, -0.15) is 0 Å². The summed E-state index contributed by atoms with van der Waals surface area (Å²) in [6, 6.07) is 6.27. The molecule has 0 radical (unpaired) electrons. The minimum atomic E-state index is -0.266. The first-order valence-corrected chi connectivity index (χ1v) is 9.67. The summed E-state index contributed by atoms with van der Waals surface area (Å²) in [6.07, 6.45) is 2.15. The average Bonchev–Trinajstić information content (AvgIpc) is 3.16. The SMILES string of the molecule is Cc1nc(-c2ccc(F)cc2)sc1C(=O)N1CC[C@@H]2CNC[C@@H]2CC1. The Morgan fingerprint density at radius 3 is 2.48 bits per heavy atom. The first kappa shape index (κ1) is 16.7. The van der Waals surface area contributed by atoms with E-state index in [1.165, 1.54) is 23.5 Å². The lowest BCUT2D eigenvalue weighted by Gasteiger charge is -2.20. The number of thiazole rings is 1. The summed E-state index contributed by atoms with van der Waals surface area (Å²) in [7, 11) is 0. The predicted octanol–water partition coefficient (Wildman–Crippen LogP) is 3.33. The highest BCUT2D eigenvalue weighted by Gasteiger charge is 2.32. The summed E-state index contributed by atoms with van der Waals surface area (Å²) in [6.45, 7) is 5.70. The van der Waals surface area contributed by atoms with Crippen LogP contribution in [0.2, 0.25) is 0 Å². The van der Waals surface area contributed by atoms with Gasteiger partial charge in [0.15, 0.2) is 0 Å². The van der Waals surface area contributed by atoms with E-state index >= 15 is 0 Å². The van der Waals surface area contributed by atoms with E-state index in [0.717, 1.165) is 55.3 Å². The second-order valence-corrected chi connectivity index (χ2v) is 7.99. The fourth-order valence-corrected chi connectivity index (χ4v) is 4.92. The number of hydrogen-bond acceptors (Lipinski definition) is 4. The minimum Gasteiger partial charge on any atom is -0.338 e. The van der Waals surface area contributed by atoms with E-state index in [1.807, 2.05) is 11.8 Å². The summed E-state index contributed by atoms with van der Waals surface area (Å²) < 4.78 is 13.1. The molecule has 1 aromatic carbocycles. The molecule has 2 aromatic rings. The molecule has 0 bridgehead atoms. The lowest BCUT2D eigenvalue weighted by atomic mass is 9.92. The van der Waals surface area contributed by atoms with Crippen molar-refractivity contribution < 1.29 is 9.18 Å². The standard InChI is InChI=1S/C19H22FN3OS/c1-12-17(25-18(22-12)13-2-4-16(20)5-3-13)19(24)23-8-6-14-10-21-11-15(14)7-9-23/h2-5,14-15,21H,6-11H2,1H3/t14-,15+. The van der Waals surface area contributed by atoms with E-state index in [1.54, 1.807) is 12.1 Å². The van der Waals surface area contributed by atoms with Crippen LogP contribution in [-0.4, -0.2) is 42.0 Å². The van der Waals surface area contributed by atoms with Gasteiger partial charge in [-0.1, -0.05) is 0 Å². The number of halogens is 1. The molecule has 2 saturated heterocycles. The van der Waals surface area contributed by atoms with Crippen LogP contribution in [0.3, 0.4) is 0 Å². The molecule has 1 aromatic heterocycles. The van der Waals surface area contributed by atoms with Crippen LogP contribution in [0.25, 0.3) is 10.6 Å². The van der Waals surface area contributed by atoms with Crippen LogP contribution in [0.1, 0.15) is 28.2 Å². The number of aromatic nitrogens is 1. The normalized spacial score (nSPS) is 23.4. The fourth-order valence-electron chi connectivity index (χ4n) is 3.88. The zero-order chi connectivity index (χ0) is 17.4. The molecule has 4 nitrogen and oxygen atoms in total. The number of amides is 1. The number of fused-ring (bicyclic) bond motifs is 1. The topological polar surface area (TPSA) is 45.2 Å². The molecule has 2 fully saturated rings. The molecule has 0 saturated carbocycles. The number of likely N-dealkylation sites (tertiary alicyclic amines) is 1. The van der Waals surface area contributed by atoms with Crippen molar-refractivity contribution in [2.24, 2.45) is 11.8 Å². The number of nitrogens with zero attached hydrogens (tertiary/aromatic N) is 2. The summed E-state index contributed by atoms with van der Waals surface area (Å²) in [5.41, 5.74) is 1.62. The Kier molecular flexibility index (Phi) is 4.56. The summed E-state index contributed by atoms with van der Waals surface area (Å²) in [5.74, 6) is 1.24. The van der Waals surface area contributed by atoms with Crippen LogP contribution in [0.4, 0.5) is 4.39 Å². The fraction of sp³-hybridized carbons (Fsp3) is 0.474. The molecule has 2 atom stereocenters. The molecule has 6 heteroatoms. The van der Waals surface area contributed by atoms with Crippen molar-refractivity contribution in [3.8, 4) is 10.6 Å². The molecule has 2 aliphatic heterocycles. The minimum absolute atomic E-state index is 0.0938. The predicted molar refractivity (Wildman–Crippen MR) is 97.2 cm³/mol. The Balaban J connectivity index is 1.53. The molecular weight excluding hydrogens is 337 g/mol. The lowest BCUT2D eigenvalue weighted by molar-refractivity contribution is 0.0762. The molecule has 0 unspecified atom stereocenters. The van der Waals surface area contributed by atoms with E-state index in [2.05, 4.69) is 10.3 Å². The largest absolute Gasteiger partial charge is 0.338 e. The highest BCUT2D eigenvalue weighted by molar-refractivity contribution is 7.17. The number of nitrogens with one attached hydrogen (secondary N) is 1. The molecule has 132 valence electrons. The Morgan fingerprint density at radius 1 is 1.20 bits per heavy atom. The molecular formula is C19H22FN3OS. The molecule has 3 heterocycles. The van der Waals surface area contributed by atoms with Crippen molar-refractivity contribution in [2.75, 3.05) is 26.2 Å². The highest BCUT2D eigenvalue weighted by Crippen LogP contribution is 2.31. The third-order valence-electron chi connectivity index (χ3n) is 5.39. The summed E-state index contributed by atoms with van der Waals surface area (Å²) >= 11 is 1.41. The number of rotatable bonds is 2. The number of hydrogen-bond donors (Lipinski definition) is 1. The van der Waals surface area contributed by atoms with Gasteiger partial charge in [-0.15, -0.1) is 11.3 Å². The molecule has 2 aliphatic rings. The second kappa shape index (κ2) is 6.84. The van der Waals surface area contributed by atoms with Gasteiger partial charge in [0.05, 0.1) is 5.69 Å². The van der Waals surface area contributed by atoms with Crippen LogP contribution in [0.15, 0.2) is 24.3 Å². The van der Waals surface area contributed by atoms with Gasteiger partial charge >= 0.3 is 0 Å². The third-order valence-corrected chi connectivity index (χ3v) is 6.58. The van der Waals surface area contributed by atoms with Gasteiger partial charge in [0.2, 0.25) is 0 Å². The van der Waals surface area contributed by atoms with Gasteiger partial charge in [0.1, 0.15) is 15.7 Å². The summed E-state index contributed by atoms with van der Waals surface area (Å²) in [4.78, 5) is 20.3. The van der Waals surface area contributed by atoms with E-state index in [9.17, 15) is 9.18 Å². The monoisotopic (exact) mass is 359 g/mol. The van der Waals surface area contributed by atoms with Gasteiger partial charge in [-0.25, -0.2) is 9.37 Å². The Hall–Kier alpha value is -1.79. The quantitative estimate of drug-likeness (QED) is 0.895. The number of benzene rings is 1. The smallest absolute Gasteiger partial charge is 0.265 e. The lowest BCUT2D eigenvalue weighted by Crippen LogP contribution is -2.32. The third kappa shape index (κ3) is 3.33. The van der Waals surface area contributed by atoms with Gasteiger partial charge in [0, 0.05) is 18.7 Å². The maximum absolute atomic E-state index is 13.1. The first-order chi connectivity index (χ1) is 12.1. The van der Waals surface area contributed by atoms with Crippen LogP contribution in [-0.2, 0) is 0 Å². The van der Waals surface area contributed by atoms with Crippen LogP contribution in [0, 0.1) is 24.6 Å². The maximum atomic E-state index is 13.1. The molecule has 0 aliphatic carbocycles. The van der Waals surface area contributed by atoms with Crippen LogP contribution < -0.4 is 5.32 Å². The first-order valence-electron chi connectivity index (χ1n) is 8.85. The molecule has 1 amide bonds. The van der Waals surface area contributed by atoms with Crippen LogP contribution in [0.5, 0.6) is 0 Å². The van der Waals surface area contributed by atoms with E-state index < -0.39 is 0 Å². The molecule has 25 heavy (non-hydrogen) atoms.